The second-order valence-corrected chi connectivity index (χ2v) is 9.30. The predicted octanol–water partition coefficient (Wildman–Crippen LogP) is 6.35. The highest BCUT2D eigenvalue weighted by Crippen LogP contribution is 2.43. The Hall–Kier alpha value is -3.80. The molecule has 6 nitrogen and oxygen atoms in total. The second kappa shape index (κ2) is 9.45. The van der Waals surface area contributed by atoms with Gasteiger partial charge in [-0.15, -0.1) is 0 Å². The van der Waals surface area contributed by atoms with Crippen molar-refractivity contribution >= 4 is 23.1 Å². The first-order valence-corrected chi connectivity index (χ1v) is 11.8. The predicted molar refractivity (Wildman–Crippen MR) is 136 cm³/mol. The van der Waals surface area contributed by atoms with Crippen molar-refractivity contribution in [2.45, 2.75) is 53.5 Å². The average Bonchev–Trinajstić information content (AvgIpc) is 3.33. The number of carbonyl (C=O) groups excluding carboxylic acids is 2. The lowest BCUT2D eigenvalue weighted by Crippen LogP contribution is -2.29. The van der Waals surface area contributed by atoms with E-state index < -0.39 is 17.7 Å². The molecule has 1 unspecified atom stereocenters. The molecule has 0 bridgehead atoms. The summed E-state index contributed by atoms with van der Waals surface area (Å²) in [5.74, 6) is 0.232. The van der Waals surface area contributed by atoms with Crippen LogP contribution in [0.15, 0.2) is 58.5 Å². The van der Waals surface area contributed by atoms with Crippen LogP contribution in [0.2, 0.25) is 0 Å². The summed E-state index contributed by atoms with van der Waals surface area (Å²) in [6, 6.07) is 13.7. The van der Waals surface area contributed by atoms with Crippen LogP contribution in [0.5, 0.6) is 5.75 Å². The van der Waals surface area contributed by atoms with E-state index >= 15 is 0 Å². The van der Waals surface area contributed by atoms with Crippen LogP contribution in [0.1, 0.15) is 66.5 Å². The first-order valence-electron chi connectivity index (χ1n) is 11.8. The van der Waals surface area contributed by atoms with Gasteiger partial charge in [0.2, 0.25) is 0 Å². The Labute approximate surface area is 205 Å². The molecule has 1 atom stereocenters. The summed E-state index contributed by atoms with van der Waals surface area (Å²) < 4.78 is 11.6. The van der Waals surface area contributed by atoms with Crippen molar-refractivity contribution in [3.63, 3.8) is 0 Å². The molecule has 1 fully saturated rings. The normalized spacial score (nSPS) is 17.5. The number of hydrogen-bond acceptors (Lipinski definition) is 5. The highest BCUT2D eigenvalue weighted by atomic mass is 16.5. The zero-order chi connectivity index (χ0) is 25.4. The van der Waals surface area contributed by atoms with Crippen molar-refractivity contribution in [1.29, 1.82) is 0 Å². The van der Waals surface area contributed by atoms with Gasteiger partial charge in [0.15, 0.2) is 0 Å². The maximum atomic E-state index is 13.4. The molecule has 6 heteroatoms. The van der Waals surface area contributed by atoms with Gasteiger partial charge in [-0.25, -0.2) is 0 Å². The summed E-state index contributed by atoms with van der Waals surface area (Å²) >= 11 is 0. The number of aliphatic hydroxyl groups is 1. The van der Waals surface area contributed by atoms with Gasteiger partial charge in [-0.1, -0.05) is 19.9 Å². The fourth-order valence-electron chi connectivity index (χ4n) is 4.65. The molecule has 1 aliphatic heterocycles. The topological polar surface area (TPSA) is 80.0 Å². The molecule has 0 aliphatic carbocycles. The monoisotopic (exact) mass is 473 g/mol. The molecule has 3 aromatic rings. The molecule has 1 aromatic heterocycles. The third kappa shape index (κ3) is 4.48. The standard InChI is InChI=1S/C29H31NO5/c1-7-34-23-11-9-20(15-22(23)16(2)3)27(31)25-26(24-10-8-19(6)35-24)30(29(33)28(25)32)21-13-17(4)12-18(5)14-21/h8-16,26,31H,7H2,1-6H3/b27-25-. The van der Waals surface area contributed by atoms with E-state index in [4.69, 9.17) is 9.15 Å². The molecule has 1 saturated heterocycles. The van der Waals surface area contributed by atoms with Crippen LogP contribution in [0.3, 0.4) is 0 Å². The zero-order valence-corrected chi connectivity index (χ0v) is 21.0. The Balaban J connectivity index is 1.93. The van der Waals surface area contributed by atoms with Gasteiger partial charge in [0.1, 0.15) is 29.1 Å². The molecule has 0 spiro atoms. The van der Waals surface area contributed by atoms with E-state index in [0.717, 1.165) is 22.4 Å². The summed E-state index contributed by atoms with van der Waals surface area (Å²) in [5, 5.41) is 11.4. The fourth-order valence-corrected chi connectivity index (χ4v) is 4.65. The second-order valence-electron chi connectivity index (χ2n) is 9.30. The summed E-state index contributed by atoms with van der Waals surface area (Å²) in [4.78, 5) is 28.1. The Morgan fingerprint density at radius 1 is 1.03 bits per heavy atom. The summed E-state index contributed by atoms with van der Waals surface area (Å²) in [7, 11) is 0. The molecule has 1 amide bonds. The fraction of sp³-hybridized carbons (Fsp3) is 0.310. The van der Waals surface area contributed by atoms with Gasteiger partial charge in [-0.2, -0.15) is 0 Å². The molecular formula is C29H31NO5. The Bertz CT molecular complexity index is 1310. The minimum absolute atomic E-state index is 0.00220. The van der Waals surface area contributed by atoms with Crippen LogP contribution < -0.4 is 9.64 Å². The lowest BCUT2D eigenvalue weighted by molar-refractivity contribution is -0.132. The molecular weight excluding hydrogens is 442 g/mol. The van der Waals surface area contributed by atoms with Crippen LogP contribution in [-0.4, -0.2) is 23.4 Å². The number of amides is 1. The van der Waals surface area contributed by atoms with Crippen molar-refractivity contribution in [2.75, 3.05) is 11.5 Å². The van der Waals surface area contributed by atoms with Gasteiger partial charge in [0.05, 0.1) is 12.2 Å². The Morgan fingerprint density at radius 3 is 2.29 bits per heavy atom. The number of rotatable bonds is 6. The number of benzene rings is 2. The molecule has 1 N–H and O–H groups in total. The number of furan rings is 1. The van der Waals surface area contributed by atoms with E-state index in [0.29, 0.717) is 29.4 Å². The highest BCUT2D eigenvalue weighted by Gasteiger charge is 2.48. The average molecular weight is 474 g/mol. The molecule has 182 valence electrons. The molecule has 0 radical (unpaired) electrons. The van der Waals surface area contributed by atoms with Crippen LogP contribution >= 0.6 is 0 Å². The van der Waals surface area contributed by atoms with Gasteiger partial charge in [-0.05, 0) is 92.8 Å². The van der Waals surface area contributed by atoms with Crippen molar-refractivity contribution in [2.24, 2.45) is 0 Å². The molecule has 2 aromatic carbocycles. The Morgan fingerprint density at radius 2 is 1.71 bits per heavy atom. The van der Waals surface area contributed by atoms with E-state index in [9.17, 15) is 14.7 Å². The lowest BCUT2D eigenvalue weighted by Gasteiger charge is -2.24. The highest BCUT2D eigenvalue weighted by molar-refractivity contribution is 6.51. The first-order chi connectivity index (χ1) is 16.6. The first kappa shape index (κ1) is 24.3. The van der Waals surface area contributed by atoms with E-state index in [1.54, 1.807) is 31.2 Å². The number of ether oxygens (including phenoxy) is 1. The SMILES string of the molecule is CCOc1ccc(/C(O)=C2/C(=O)C(=O)N(c3cc(C)cc(C)c3)C2c2ccc(C)o2)cc1C(C)C. The number of aliphatic hydroxyl groups excluding tert-OH is 1. The minimum atomic E-state index is -0.890. The summed E-state index contributed by atoms with van der Waals surface area (Å²) in [6.45, 7) is 12.2. The van der Waals surface area contributed by atoms with Gasteiger partial charge < -0.3 is 14.3 Å². The third-order valence-electron chi connectivity index (χ3n) is 6.16. The number of aryl methyl sites for hydroxylation is 3. The maximum absolute atomic E-state index is 13.4. The van der Waals surface area contributed by atoms with Crippen LogP contribution in [0, 0.1) is 20.8 Å². The number of hydrogen-bond donors (Lipinski definition) is 1. The molecule has 4 rings (SSSR count). The lowest BCUT2D eigenvalue weighted by atomic mass is 9.95. The summed E-state index contributed by atoms with van der Waals surface area (Å²) in [5.41, 5.74) is 3.86. The molecule has 35 heavy (non-hydrogen) atoms. The number of anilines is 1. The van der Waals surface area contributed by atoms with Crippen molar-refractivity contribution in [3.8, 4) is 5.75 Å². The summed E-state index contributed by atoms with van der Waals surface area (Å²) in [6.07, 6.45) is 0. The number of nitrogens with zero attached hydrogens (tertiary/aromatic N) is 1. The largest absolute Gasteiger partial charge is 0.507 e. The molecule has 1 aliphatic rings. The van der Waals surface area contributed by atoms with Gasteiger partial charge in [0, 0.05) is 11.3 Å². The van der Waals surface area contributed by atoms with Gasteiger partial charge in [0.25, 0.3) is 11.7 Å². The maximum Gasteiger partial charge on any atom is 0.300 e. The Kier molecular flexibility index (Phi) is 6.57. The van der Waals surface area contributed by atoms with E-state index in [-0.39, 0.29) is 17.3 Å². The quantitative estimate of drug-likeness (QED) is 0.256. The van der Waals surface area contributed by atoms with E-state index in [2.05, 4.69) is 0 Å². The smallest absolute Gasteiger partial charge is 0.300 e. The molecule has 0 saturated carbocycles. The van der Waals surface area contributed by atoms with Crippen molar-refractivity contribution < 1.29 is 23.8 Å². The third-order valence-corrected chi connectivity index (χ3v) is 6.16. The van der Waals surface area contributed by atoms with Gasteiger partial charge in [-0.3, -0.25) is 14.5 Å². The van der Waals surface area contributed by atoms with Crippen LogP contribution in [-0.2, 0) is 9.59 Å². The van der Waals surface area contributed by atoms with Crippen molar-refractivity contribution in [3.05, 3.63) is 87.9 Å². The van der Waals surface area contributed by atoms with Crippen LogP contribution in [0.4, 0.5) is 5.69 Å². The molecule has 2 heterocycles. The number of carbonyl (C=O) groups is 2. The minimum Gasteiger partial charge on any atom is -0.507 e. The van der Waals surface area contributed by atoms with Crippen LogP contribution in [0.25, 0.3) is 5.76 Å². The van der Waals surface area contributed by atoms with Crippen molar-refractivity contribution in [1.82, 2.24) is 0 Å². The van der Waals surface area contributed by atoms with Gasteiger partial charge >= 0.3 is 0 Å². The number of Topliss-reactive ketones (excluding diaryl/α,β-unsaturated/α-hetero) is 1. The van der Waals surface area contributed by atoms with E-state index in [1.165, 1.54) is 4.90 Å². The number of ketones is 1. The zero-order valence-electron chi connectivity index (χ0n) is 21.0. The van der Waals surface area contributed by atoms with E-state index in [1.807, 2.05) is 58.9 Å².